The third-order valence-corrected chi connectivity index (χ3v) is 4.24. The van der Waals surface area contributed by atoms with Gasteiger partial charge >= 0.3 is 0 Å². The fourth-order valence-electron chi connectivity index (χ4n) is 1.31. The van der Waals surface area contributed by atoms with Gasteiger partial charge in [0.1, 0.15) is 10.2 Å². The zero-order valence-electron chi connectivity index (χ0n) is 9.56. The molecule has 0 N–H and O–H groups in total. The van der Waals surface area contributed by atoms with Crippen LogP contribution in [0.5, 0.6) is 0 Å². The van der Waals surface area contributed by atoms with Gasteiger partial charge in [-0.3, -0.25) is 0 Å². The zero-order valence-corrected chi connectivity index (χ0v) is 12.7. The van der Waals surface area contributed by atoms with Gasteiger partial charge < -0.3 is 0 Å². The summed E-state index contributed by atoms with van der Waals surface area (Å²) in [6, 6.07) is 9.56. The van der Waals surface area contributed by atoms with Crippen LogP contribution in [0.2, 0.25) is 10.2 Å². The Labute approximate surface area is 125 Å². The Morgan fingerprint density at radius 3 is 2.67 bits per heavy atom. The maximum Gasteiger partial charge on any atom is 0.189 e. The van der Waals surface area contributed by atoms with Gasteiger partial charge in [0.05, 0.1) is 0 Å². The molecule has 94 valence electrons. The SMILES string of the molecule is CSc1nc(Cl)cc(SCc2ccccc2Cl)n1. The zero-order chi connectivity index (χ0) is 13.0. The Hall–Kier alpha value is -0.420. The molecule has 0 unspecified atom stereocenters. The standard InChI is InChI=1S/C12H10Cl2N2S2/c1-17-12-15-10(14)6-11(16-12)18-7-8-4-2-3-5-9(8)13/h2-6H,7H2,1H3. The molecule has 0 aliphatic heterocycles. The lowest BCUT2D eigenvalue weighted by Crippen LogP contribution is -1.90. The van der Waals surface area contributed by atoms with Gasteiger partial charge in [-0.15, -0.1) is 11.8 Å². The van der Waals surface area contributed by atoms with E-state index in [0.717, 1.165) is 21.4 Å². The fourth-order valence-corrected chi connectivity index (χ4v) is 3.23. The monoisotopic (exact) mass is 316 g/mol. The van der Waals surface area contributed by atoms with Gasteiger partial charge in [-0.1, -0.05) is 53.2 Å². The van der Waals surface area contributed by atoms with Crippen molar-refractivity contribution in [3.8, 4) is 0 Å². The van der Waals surface area contributed by atoms with Gasteiger partial charge in [-0.25, -0.2) is 9.97 Å². The lowest BCUT2D eigenvalue weighted by molar-refractivity contribution is 0.894. The van der Waals surface area contributed by atoms with Crippen molar-refractivity contribution in [1.82, 2.24) is 9.97 Å². The molecule has 2 nitrogen and oxygen atoms in total. The van der Waals surface area contributed by atoms with Gasteiger partial charge in [-0.2, -0.15) is 0 Å². The molecule has 0 bridgehead atoms. The van der Waals surface area contributed by atoms with Crippen LogP contribution in [-0.4, -0.2) is 16.2 Å². The molecule has 0 radical (unpaired) electrons. The van der Waals surface area contributed by atoms with Gasteiger partial charge in [0, 0.05) is 16.8 Å². The molecule has 0 saturated heterocycles. The second-order valence-corrected chi connectivity index (χ2v) is 5.96. The Morgan fingerprint density at radius 2 is 1.94 bits per heavy atom. The molecule has 6 heteroatoms. The van der Waals surface area contributed by atoms with Crippen LogP contribution in [0, 0.1) is 0 Å². The van der Waals surface area contributed by atoms with E-state index >= 15 is 0 Å². The van der Waals surface area contributed by atoms with Crippen molar-refractivity contribution >= 4 is 46.7 Å². The third-order valence-electron chi connectivity index (χ3n) is 2.17. The summed E-state index contributed by atoms with van der Waals surface area (Å²) in [5, 5.41) is 2.79. The molecule has 0 fully saturated rings. The van der Waals surface area contributed by atoms with Crippen molar-refractivity contribution in [3.05, 3.63) is 46.1 Å². The molecular weight excluding hydrogens is 307 g/mol. The van der Waals surface area contributed by atoms with E-state index in [-0.39, 0.29) is 0 Å². The van der Waals surface area contributed by atoms with Crippen molar-refractivity contribution in [1.29, 1.82) is 0 Å². The van der Waals surface area contributed by atoms with E-state index in [2.05, 4.69) is 9.97 Å². The smallest absolute Gasteiger partial charge is 0.189 e. The summed E-state index contributed by atoms with van der Waals surface area (Å²) in [5.74, 6) is 0.765. The van der Waals surface area contributed by atoms with Crippen LogP contribution in [-0.2, 0) is 5.75 Å². The molecule has 0 spiro atoms. The van der Waals surface area contributed by atoms with Crippen molar-refractivity contribution < 1.29 is 0 Å². The number of rotatable bonds is 4. The molecule has 1 heterocycles. The average Bonchev–Trinajstić information content (AvgIpc) is 2.37. The topological polar surface area (TPSA) is 25.8 Å². The van der Waals surface area contributed by atoms with E-state index in [1.165, 1.54) is 11.8 Å². The first-order valence-corrected chi connectivity index (χ1v) is 8.10. The van der Waals surface area contributed by atoms with Crippen LogP contribution < -0.4 is 0 Å². The summed E-state index contributed by atoms with van der Waals surface area (Å²) in [7, 11) is 0. The Bertz CT molecular complexity index is 549. The van der Waals surface area contributed by atoms with E-state index in [9.17, 15) is 0 Å². The van der Waals surface area contributed by atoms with Crippen molar-refractivity contribution in [2.75, 3.05) is 6.26 Å². The van der Waals surface area contributed by atoms with Gasteiger partial charge in [0.15, 0.2) is 5.16 Å². The Morgan fingerprint density at radius 1 is 1.17 bits per heavy atom. The van der Waals surface area contributed by atoms with Crippen LogP contribution in [0.1, 0.15) is 5.56 Å². The van der Waals surface area contributed by atoms with Crippen molar-refractivity contribution in [2.24, 2.45) is 0 Å². The van der Waals surface area contributed by atoms with Crippen molar-refractivity contribution in [2.45, 2.75) is 15.9 Å². The Balaban J connectivity index is 2.11. The quantitative estimate of drug-likeness (QED) is 0.460. The highest BCUT2D eigenvalue weighted by molar-refractivity contribution is 7.99. The summed E-state index contributed by atoms with van der Waals surface area (Å²) in [4.78, 5) is 8.49. The number of aromatic nitrogens is 2. The van der Waals surface area contributed by atoms with E-state index in [1.807, 2.05) is 30.5 Å². The van der Waals surface area contributed by atoms with Gasteiger partial charge in [0.2, 0.25) is 0 Å². The molecule has 18 heavy (non-hydrogen) atoms. The first kappa shape index (κ1) is 14.0. The number of nitrogens with zero attached hydrogens (tertiary/aromatic N) is 2. The maximum absolute atomic E-state index is 6.10. The van der Waals surface area contributed by atoms with Crippen LogP contribution in [0.25, 0.3) is 0 Å². The summed E-state index contributed by atoms with van der Waals surface area (Å²) in [6.07, 6.45) is 1.92. The largest absolute Gasteiger partial charge is 0.216 e. The average molecular weight is 317 g/mol. The van der Waals surface area contributed by atoms with E-state index in [1.54, 1.807) is 17.8 Å². The number of hydrogen-bond acceptors (Lipinski definition) is 4. The number of hydrogen-bond donors (Lipinski definition) is 0. The first-order chi connectivity index (χ1) is 8.69. The second-order valence-electron chi connectivity index (χ2n) is 3.40. The highest BCUT2D eigenvalue weighted by atomic mass is 35.5. The molecule has 0 atom stereocenters. The molecular formula is C12H10Cl2N2S2. The molecule has 0 aliphatic carbocycles. The van der Waals surface area contributed by atoms with Gasteiger partial charge in [-0.05, 0) is 17.9 Å². The molecule has 2 rings (SSSR count). The Kier molecular flexibility index (Phi) is 5.18. The minimum atomic E-state index is 0.469. The number of halogens is 2. The minimum absolute atomic E-state index is 0.469. The van der Waals surface area contributed by atoms with E-state index in [0.29, 0.717) is 10.3 Å². The summed E-state index contributed by atoms with van der Waals surface area (Å²) in [6.45, 7) is 0. The minimum Gasteiger partial charge on any atom is -0.216 e. The number of thioether (sulfide) groups is 2. The maximum atomic E-state index is 6.10. The number of benzene rings is 1. The molecule has 0 amide bonds. The molecule has 0 saturated carbocycles. The first-order valence-electron chi connectivity index (χ1n) is 5.14. The predicted octanol–water partition coefficient (Wildman–Crippen LogP) is 4.80. The lowest BCUT2D eigenvalue weighted by Gasteiger charge is -2.05. The van der Waals surface area contributed by atoms with Crippen LogP contribution >= 0.6 is 46.7 Å². The summed E-state index contributed by atoms with van der Waals surface area (Å²) < 4.78 is 0. The highest BCUT2D eigenvalue weighted by Crippen LogP contribution is 2.27. The third kappa shape index (κ3) is 3.79. The lowest BCUT2D eigenvalue weighted by atomic mass is 10.2. The summed E-state index contributed by atoms with van der Waals surface area (Å²) >= 11 is 15.1. The highest BCUT2D eigenvalue weighted by Gasteiger charge is 2.05. The molecule has 0 aliphatic rings. The molecule has 2 aromatic rings. The van der Waals surface area contributed by atoms with Crippen LogP contribution in [0.15, 0.2) is 40.5 Å². The molecule has 1 aromatic carbocycles. The van der Waals surface area contributed by atoms with Crippen LogP contribution in [0.4, 0.5) is 0 Å². The molecule has 1 aromatic heterocycles. The van der Waals surface area contributed by atoms with Gasteiger partial charge in [0.25, 0.3) is 0 Å². The normalized spacial score (nSPS) is 10.6. The second kappa shape index (κ2) is 6.66. The van der Waals surface area contributed by atoms with Crippen molar-refractivity contribution in [3.63, 3.8) is 0 Å². The predicted molar refractivity (Wildman–Crippen MR) is 79.8 cm³/mol. The van der Waals surface area contributed by atoms with E-state index in [4.69, 9.17) is 23.2 Å². The van der Waals surface area contributed by atoms with E-state index < -0.39 is 0 Å². The fraction of sp³-hybridized carbons (Fsp3) is 0.167. The van der Waals surface area contributed by atoms with Crippen LogP contribution in [0.3, 0.4) is 0 Å². The summed E-state index contributed by atoms with van der Waals surface area (Å²) in [5.41, 5.74) is 1.09.